The largest absolute Gasteiger partial charge is 0.486 e. The van der Waals surface area contributed by atoms with Gasteiger partial charge in [0.05, 0.1) is 4.90 Å². The van der Waals surface area contributed by atoms with E-state index < -0.39 is 10.0 Å². The van der Waals surface area contributed by atoms with Gasteiger partial charge in [-0.15, -0.1) is 0 Å². The Hall–Kier alpha value is -1.80. The smallest absolute Gasteiger partial charge is 0.240 e. The first-order valence-corrected chi connectivity index (χ1v) is 9.71. The van der Waals surface area contributed by atoms with Gasteiger partial charge in [0.25, 0.3) is 0 Å². The molecule has 0 atom stereocenters. The van der Waals surface area contributed by atoms with E-state index in [-0.39, 0.29) is 29.8 Å². The average molecular weight is 354 g/mol. The van der Waals surface area contributed by atoms with Crippen molar-refractivity contribution in [1.29, 1.82) is 0 Å². The molecule has 1 saturated carbocycles. The van der Waals surface area contributed by atoms with Gasteiger partial charge in [0.1, 0.15) is 13.2 Å². The molecule has 8 heteroatoms. The third kappa shape index (κ3) is 4.18. The molecule has 7 nitrogen and oxygen atoms in total. The standard InChI is InChI=1S/C16H22N2O5S/c19-16(18-12-3-1-2-4-12)7-8-17-24(20,21)13-5-6-14-15(11-13)23-10-9-22-14/h5-6,11-12,17H,1-4,7-10H2,(H,18,19). The summed E-state index contributed by atoms with van der Waals surface area (Å²) in [5.41, 5.74) is 0. The second-order valence-corrected chi connectivity index (χ2v) is 7.77. The number of amides is 1. The zero-order valence-electron chi connectivity index (χ0n) is 13.4. The summed E-state index contributed by atoms with van der Waals surface area (Å²) in [6.07, 6.45) is 4.42. The summed E-state index contributed by atoms with van der Waals surface area (Å²) < 4.78 is 37.8. The minimum atomic E-state index is -3.68. The SMILES string of the molecule is O=C(CCNS(=O)(=O)c1ccc2c(c1)OCCO2)NC1CCCC1. The molecule has 1 aliphatic carbocycles. The number of carbonyl (C=O) groups excluding carboxylic acids is 1. The first-order valence-electron chi connectivity index (χ1n) is 8.23. The van der Waals surface area contributed by atoms with Crippen molar-refractivity contribution in [2.45, 2.75) is 43.0 Å². The number of nitrogens with one attached hydrogen (secondary N) is 2. The van der Waals surface area contributed by atoms with Gasteiger partial charge in [-0.3, -0.25) is 4.79 Å². The lowest BCUT2D eigenvalue weighted by molar-refractivity contribution is -0.121. The van der Waals surface area contributed by atoms with E-state index in [4.69, 9.17) is 9.47 Å². The van der Waals surface area contributed by atoms with E-state index in [1.54, 1.807) is 6.07 Å². The minimum Gasteiger partial charge on any atom is -0.486 e. The van der Waals surface area contributed by atoms with Crippen LogP contribution in [0.25, 0.3) is 0 Å². The van der Waals surface area contributed by atoms with E-state index in [2.05, 4.69) is 10.0 Å². The Morgan fingerprint density at radius 3 is 2.58 bits per heavy atom. The summed E-state index contributed by atoms with van der Waals surface area (Å²) in [7, 11) is -3.68. The molecular weight excluding hydrogens is 332 g/mol. The predicted molar refractivity (Wildman–Crippen MR) is 87.6 cm³/mol. The number of rotatable bonds is 6. The van der Waals surface area contributed by atoms with Crippen molar-refractivity contribution in [2.75, 3.05) is 19.8 Å². The summed E-state index contributed by atoms with van der Waals surface area (Å²) in [5.74, 6) is 0.839. The van der Waals surface area contributed by atoms with Gasteiger partial charge in [-0.05, 0) is 25.0 Å². The number of sulfonamides is 1. The van der Waals surface area contributed by atoms with Crippen LogP contribution in [0.1, 0.15) is 32.1 Å². The Labute approximate surface area is 141 Å². The molecule has 0 unspecified atom stereocenters. The zero-order chi connectivity index (χ0) is 17.0. The van der Waals surface area contributed by atoms with Gasteiger partial charge in [-0.2, -0.15) is 0 Å². The van der Waals surface area contributed by atoms with Crippen molar-refractivity contribution in [3.05, 3.63) is 18.2 Å². The lowest BCUT2D eigenvalue weighted by Gasteiger charge is -2.19. The molecule has 3 rings (SSSR count). The summed E-state index contributed by atoms with van der Waals surface area (Å²) >= 11 is 0. The molecule has 0 spiro atoms. The second kappa shape index (κ2) is 7.40. The van der Waals surface area contributed by atoms with Gasteiger partial charge in [-0.1, -0.05) is 12.8 Å². The Kier molecular flexibility index (Phi) is 5.25. The molecule has 0 bridgehead atoms. The topological polar surface area (TPSA) is 93.7 Å². The van der Waals surface area contributed by atoms with Crippen LogP contribution in [0.4, 0.5) is 0 Å². The van der Waals surface area contributed by atoms with Crippen LogP contribution in [0, 0.1) is 0 Å². The molecule has 1 fully saturated rings. The van der Waals surface area contributed by atoms with Gasteiger partial charge in [-0.25, -0.2) is 13.1 Å². The van der Waals surface area contributed by atoms with Gasteiger partial charge in [0.15, 0.2) is 11.5 Å². The van der Waals surface area contributed by atoms with E-state index in [0.29, 0.717) is 24.7 Å². The van der Waals surface area contributed by atoms with Crippen molar-refractivity contribution >= 4 is 15.9 Å². The first-order chi connectivity index (χ1) is 11.5. The summed E-state index contributed by atoms with van der Waals surface area (Å²) in [6.45, 7) is 0.911. The quantitative estimate of drug-likeness (QED) is 0.800. The van der Waals surface area contributed by atoms with Crippen LogP contribution in [0.5, 0.6) is 11.5 Å². The van der Waals surface area contributed by atoms with Crippen molar-refractivity contribution in [3.63, 3.8) is 0 Å². The average Bonchev–Trinajstić information content (AvgIpc) is 3.07. The maximum atomic E-state index is 12.3. The molecule has 1 aromatic carbocycles. The molecule has 2 aliphatic rings. The molecule has 24 heavy (non-hydrogen) atoms. The van der Waals surface area contributed by atoms with E-state index in [1.807, 2.05) is 0 Å². The molecule has 1 aliphatic heterocycles. The highest BCUT2D eigenvalue weighted by molar-refractivity contribution is 7.89. The van der Waals surface area contributed by atoms with Gasteiger partial charge < -0.3 is 14.8 Å². The number of hydrogen-bond acceptors (Lipinski definition) is 5. The number of carbonyl (C=O) groups is 1. The highest BCUT2D eigenvalue weighted by Crippen LogP contribution is 2.32. The van der Waals surface area contributed by atoms with Crippen molar-refractivity contribution in [1.82, 2.24) is 10.0 Å². The Morgan fingerprint density at radius 1 is 1.12 bits per heavy atom. The molecule has 1 heterocycles. The third-order valence-electron chi connectivity index (χ3n) is 4.19. The molecule has 0 aromatic heterocycles. The van der Waals surface area contributed by atoms with Gasteiger partial charge >= 0.3 is 0 Å². The fourth-order valence-electron chi connectivity index (χ4n) is 2.94. The Balaban J connectivity index is 1.53. The van der Waals surface area contributed by atoms with E-state index in [9.17, 15) is 13.2 Å². The highest BCUT2D eigenvalue weighted by Gasteiger charge is 2.20. The lowest BCUT2D eigenvalue weighted by Crippen LogP contribution is -2.35. The molecule has 2 N–H and O–H groups in total. The monoisotopic (exact) mass is 354 g/mol. The lowest BCUT2D eigenvalue weighted by atomic mass is 10.2. The van der Waals surface area contributed by atoms with E-state index in [0.717, 1.165) is 25.7 Å². The fourth-order valence-corrected chi connectivity index (χ4v) is 3.99. The summed E-state index contributed by atoms with van der Waals surface area (Å²) in [5, 5.41) is 2.94. The Morgan fingerprint density at radius 2 is 1.83 bits per heavy atom. The highest BCUT2D eigenvalue weighted by atomic mass is 32.2. The minimum absolute atomic E-state index is 0.0648. The second-order valence-electron chi connectivity index (χ2n) is 6.00. The van der Waals surface area contributed by atoms with Crippen LogP contribution in [-0.2, 0) is 14.8 Å². The molecule has 0 radical (unpaired) electrons. The maximum Gasteiger partial charge on any atom is 0.240 e. The van der Waals surface area contributed by atoms with E-state index in [1.165, 1.54) is 12.1 Å². The van der Waals surface area contributed by atoms with Crippen LogP contribution < -0.4 is 19.5 Å². The number of hydrogen-bond donors (Lipinski definition) is 2. The third-order valence-corrected chi connectivity index (χ3v) is 5.65. The van der Waals surface area contributed by atoms with Crippen LogP contribution in [0.15, 0.2) is 23.1 Å². The first kappa shape index (κ1) is 17.0. The van der Waals surface area contributed by atoms with Crippen LogP contribution in [-0.4, -0.2) is 40.1 Å². The normalized spacial score (nSPS) is 17.7. The number of benzene rings is 1. The number of ether oxygens (including phenoxy) is 2. The van der Waals surface area contributed by atoms with Crippen molar-refractivity contribution in [2.24, 2.45) is 0 Å². The van der Waals surface area contributed by atoms with Crippen molar-refractivity contribution in [3.8, 4) is 11.5 Å². The molecule has 1 aromatic rings. The van der Waals surface area contributed by atoms with Gasteiger partial charge in [0, 0.05) is 25.1 Å². The van der Waals surface area contributed by atoms with Crippen LogP contribution in [0.2, 0.25) is 0 Å². The summed E-state index contributed by atoms with van der Waals surface area (Å²) in [6, 6.07) is 4.73. The van der Waals surface area contributed by atoms with Crippen molar-refractivity contribution < 1.29 is 22.7 Å². The van der Waals surface area contributed by atoms with Gasteiger partial charge in [0.2, 0.25) is 15.9 Å². The van der Waals surface area contributed by atoms with Crippen LogP contribution >= 0.6 is 0 Å². The maximum absolute atomic E-state index is 12.3. The zero-order valence-corrected chi connectivity index (χ0v) is 14.2. The van der Waals surface area contributed by atoms with E-state index >= 15 is 0 Å². The fraction of sp³-hybridized carbons (Fsp3) is 0.562. The Bertz CT molecular complexity index is 698. The predicted octanol–water partition coefficient (Wildman–Crippen LogP) is 1.18. The molecule has 0 saturated heterocycles. The van der Waals surface area contributed by atoms with Crippen LogP contribution in [0.3, 0.4) is 0 Å². The molecule has 1 amide bonds. The molecule has 132 valence electrons. The number of fused-ring (bicyclic) bond motifs is 1. The summed E-state index contributed by atoms with van der Waals surface area (Å²) in [4.78, 5) is 11.9. The molecular formula is C16H22N2O5S.